The molecule has 0 bridgehead atoms. The Hall–Kier alpha value is -1.75. The van der Waals surface area contributed by atoms with Crippen molar-refractivity contribution in [1.29, 1.82) is 0 Å². The fourth-order valence-corrected chi connectivity index (χ4v) is 1.79. The number of ether oxygens (including phenoxy) is 2. The molecule has 0 unspecified atom stereocenters. The second-order valence-electron chi connectivity index (χ2n) is 4.88. The molecule has 5 nitrogen and oxygen atoms in total. The topological polar surface area (TPSA) is 50.8 Å². The lowest BCUT2D eigenvalue weighted by atomic mass is 10.2. The molecule has 1 rings (SSSR count). The van der Waals surface area contributed by atoms with Crippen LogP contribution in [0.15, 0.2) is 18.2 Å². The molecule has 1 aromatic rings. The summed E-state index contributed by atoms with van der Waals surface area (Å²) in [7, 11) is 3.48. The van der Waals surface area contributed by atoms with Crippen molar-refractivity contribution in [3.05, 3.63) is 23.8 Å². The van der Waals surface area contributed by atoms with Gasteiger partial charge in [-0.15, -0.1) is 0 Å². The highest BCUT2D eigenvalue weighted by atomic mass is 16.5. The predicted molar refractivity (Wildman–Crippen MR) is 83.8 cm³/mol. The summed E-state index contributed by atoms with van der Waals surface area (Å²) < 4.78 is 11.3. The average Bonchev–Trinajstić information content (AvgIpc) is 2.47. The quantitative estimate of drug-likeness (QED) is 0.757. The Balaban J connectivity index is 2.65. The van der Waals surface area contributed by atoms with Crippen LogP contribution < -0.4 is 14.8 Å². The van der Waals surface area contributed by atoms with Gasteiger partial charge in [-0.25, -0.2) is 0 Å². The first-order valence-corrected chi connectivity index (χ1v) is 7.37. The van der Waals surface area contributed by atoms with Gasteiger partial charge in [-0.3, -0.25) is 4.79 Å². The molecule has 0 aromatic heterocycles. The summed E-state index contributed by atoms with van der Waals surface area (Å²) in [6, 6.07) is 5.89. The molecule has 1 N–H and O–H groups in total. The molecule has 0 atom stereocenters. The van der Waals surface area contributed by atoms with Gasteiger partial charge in [-0.2, -0.15) is 0 Å². The standard InChI is InChI=1S/C16H26N2O3/c1-5-17-12-13-7-8-14(15(11-13)20-6-2)21-10-9-16(19)18(3)4/h7-8,11,17H,5-6,9-10,12H2,1-4H3. The van der Waals surface area contributed by atoms with Crippen LogP contribution in [-0.2, 0) is 11.3 Å². The average molecular weight is 294 g/mol. The van der Waals surface area contributed by atoms with Crippen LogP contribution in [0.4, 0.5) is 0 Å². The summed E-state index contributed by atoms with van der Waals surface area (Å²) in [6.45, 7) is 6.67. The van der Waals surface area contributed by atoms with E-state index in [-0.39, 0.29) is 5.91 Å². The van der Waals surface area contributed by atoms with Gasteiger partial charge in [0.05, 0.1) is 19.6 Å². The number of nitrogens with one attached hydrogen (secondary N) is 1. The summed E-state index contributed by atoms with van der Waals surface area (Å²) in [5.74, 6) is 1.46. The first-order chi connectivity index (χ1) is 10.1. The maximum Gasteiger partial charge on any atom is 0.225 e. The van der Waals surface area contributed by atoms with Gasteiger partial charge in [0.1, 0.15) is 0 Å². The summed E-state index contributed by atoms with van der Waals surface area (Å²) in [6.07, 6.45) is 0.359. The summed E-state index contributed by atoms with van der Waals surface area (Å²) in [5.41, 5.74) is 1.15. The second kappa shape index (κ2) is 9.23. The van der Waals surface area contributed by atoms with Crippen molar-refractivity contribution in [3.8, 4) is 11.5 Å². The number of carbonyl (C=O) groups excluding carboxylic acids is 1. The Morgan fingerprint density at radius 2 is 1.95 bits per heavy atom. The minimum absolute atomic E-state index is 0.0525. The first kappa shape index (κ1) is 17.3. The van der Waals surface area contributed by atoms with E-state index in [9.17, 15) is 4.79 Å². The van der Waals surface area contributed by atoms with Crippen LogP contribution in [0.5, 0.6) is 11.5 Å². The molecule has 0 spiro atoms. The van der Waals surface area contributed by atoms with Gasteiger partial charge in [0.25, 0.3) is 0 Å². The lowest BCUT2D eigenvalue weighted by molar-refractivity contribution is -0.129. The van der Waals surface area contributed by atoms with Crippen molar-refractivity contribution in [2.45, 2.75) is 26.8 Å². The molecule has 0 saturated carbocycles. The van der Waals surface area contributed by atoms with Gasteiger partial charge < -0.3 is 19.7 Å². The van der Waals surface area contributed by atoms with E-state index in [1.165, 1.54) is 0 Å². The number of nitrogens with zero attached hydrogens (tertiary/aromatic N) is 1. The molecule has 0 saturated heterocycles. The summed E-state index contributed by atoms with van der Waals surface area (Å²) in [4.78, 5) is 13.1. The lowest BCUT2D eigenvalue weighted by Crippen LogP contribution is -2.23. The van der Waals surface area contributed by atoms with Crippen LogP contribution in [-0.4, -0.2) is 44.7 Å². The molecule has 5 heteroatoms. The lowest BCUT2D eigenvalue weighted by Gasteiger charge is -2.14. The van der Waals surface area contributed by atoms with E-state index < -0.39 is 0 Å². The highest BCUT2D eigenvalue weighted by Crippen LogP contribution is 2.28. The van der Waals surface area contributed by atoms with Gasteiger partial charge >= 0.3 is 0 Å². The third-order valence-corrected chi connectivity index (χ3v) is 2.96. The van der Waals surface area contributed by atoms with Crippen LogP contribution in [0, 0.1) is 0 Å². The molecule has 0 aliphatic carbocycles. The van der Waals surface area contributed by atoms with E-state index in [1.54, 1.807) is 19.0 Å². The SMILES string of the molecule is CCNCc1ccc(OCCC(=O)N(C)C)c(OCC)c1. The van der Waals surface area contributed by atoms with E-state index in [0.29, 0.717) is 25.4 Å². The van der Waals surface area contributed by atoms with Crippen molar-refractivity contribution in [3.63, 3.8) is 0 Å². The molecular formula is C16H26N2O3. The molecule has 0 radical (unpaired) electrons. The van der Waals surface area contributed by atoms with Crippen LogP contribution in [0.2, 0.25) is 0 Å². The number of amides is 1. The maximum absolute atomic E-state index is 11.5. The third kappa shape index (κ3) is 6.04. The molecule has 0 aliphatic heterocycles. The molecular weight excluding hydrogens is 268 g/mol. The Labute approximate surface area is 127 Å². The highest BCUT2D eigenvalue weighted by Gasteiger charge is 2.09. The number of carbonyl (C=O) groups is 1. The van der Waals surface area contributed by atoms with E-state index in [2.05, 4.69) is 12.2 Å². The van der Waals surface area contributed by atoms with Crippen molar-refractivity contribution in [1.82, 2.24) is 10.2 Å². The fourth-order valence-electron chi connectivity index (χ4n) is 1.79. The normalized spacial score (nSPS) is 10.3. The Morgan fingerprint density at radius 3 is 2.57 bits per heavy atom. The highest BCUT2D eigenvalue weighted by molar-refractivity contribution is 5.75. The van der Waals surface area contributed by atoms with Crippen molar-refractivity contribution >= 4 is 5.91 Å². The smallest absolute Gasteiger partial charge is 0.225 e. The Kier molecular flexibility index (Phi) is 7.61. The van der Waals surface area contributed by atoms with Gasteiger partial charge in [-0.05, 0) is 31.2 Å². The summed E-state index contributed by atoms with van der Waals surface area (Å²) in [5, 5.41) is 3.28. The molecule has 21 heavy (non-hydrogen) atoms. The van der Waals surface area contributed by atoms with Gasteiger partial charge in [0.15, 0.2) is 11.5 Å². The third-order valence-electron chi connectivity index (χ3n) is 2.96. The Bertz CT molecular complexity index is 447. The largest absolute Gasteiger partial charge is 0.490 e. The Morgan fingerprint density at radius 1 is 1.19 bits per heavy atom. The molecule has 0 aliphatic rings. The molecule has 1 amide bonds. The van der Waals surface area contributed by atoms with Crippen LogP contribution in [0.1, 0.15) is 25.8 Å². The number of rotatable bonds is 9. The van der Waals surface area contributed by atoms with Crippen molar-refractivity contribution in [2.75, 3.05) is 33.9 Å². The van der Waals surface area contributed by atoms with Crippen molar-refractivity contribution < 1.29 is 14.3 Å². The zero-order valence-electron chi connectivity index (χ0n) is 13.4. The molecule has 118 valence electrons. The zero-order valence-corrected chi connectivity index (χ0v) is 13.4. The molecule has 0 heterocycles. The minimum Gasteiger partial charge on any atom is -0.490 e. The monoisotopic (exact) mass is 294 g/mol. The summed E-state index contributed by atoms with van der Waals surface area (Å²) >= 11 is 0. The van der Waals surface area contributed by atoms with E-state index in [4.69, 9.17) is 9.47 Å². The minimum atomic E-state index is 0.0525. The van der Waals surface area contributed by atoms with Gasteiger partial charge in [0, 0.05) is 20.6 Å². The zero-order chi connectivity index (χ0) is 15.7. The van der Waals surface area contributed by atoms with Crippen molar-refractivity contribution in [2.24, 2.45) is 0 Å². The number of hydrogen-bond acceptors (Lipinski definition) is 4. The molecule has 1 aromatic carbocycles. The fraction of sp³-hybridized carbons (Fsp3) is 0.562. The van der Waals surface area contributed by atoms with Crippen LogP contribution >= 0.6 is 0 Å². The number of hydrogen-bond donors (Lipinski definition) is 1. The van der Waals surface area contributed by atoms with Gasteiger partial charge in [-0.1, -0.05) is 13.0 Å². The van der Waals surface area contributed by atoms with E-state index in [0.717, 1.165) is 24.4 Å². The van der Waals surface area contributed by atoms with Crippen LogP contribution in [0.25, 0.3) is 0 Å². The predicted octanol–water partition coefficient (Wildman–Crippen LogP) is 2.05. The van der Waals surface area contributed by atoms with Gasteiger partial charge in [0.2, 0.25) is 5.91 Å². The van der Waals surface area contributed by atoms with Crippen LogP contribution in [0.3, 0.4) is 0 Å². The van der Waals surface area contributed by atoms with E-state index >= 15 is 0 Å². The first-order valence-electron chi connectivity index (χ1n) is 7.37. The number of benzene rings is 1. The molecule has 0 fully saturated rings. The van der Waals surface area contributed by atoms with E-state index in [1.807, 2.05) is 25.1 Å². The maximum atomic E-state index is 11.5. The second-order valence-corrected chi connectivity index (χ2v) is 4.88.